The van der Waals surface area contributed by atoms with Crippen LogP contribution >= 0.6 is 11.8 Å². The molecule has 1 atom stereocenters. The van der Waals surface area contributed by atoms with Crippen molar-refractivity contribution in [2.24, 2.45) is 0 Å². The predicted molar refractivity (Wildman–Crippen MR) is 78.7 cm³/mol. The Balaban J connectivity index is 1.83. The van der Waals surface area contributed by atoms with Crippen LogP contribution in [0.5, 0.6) is 0 Å². The van der Waals surface area contributed by atoms with E-state index in [9.17, 15) is 14.0 Å². The number of benzene rings is 1. The quantitative estimate of drug-likeness (QED) is 0.850. The molecule has 2 rings (SSSR count). The van der Waals surface area contributed by atoms with E-state index in [1.54, 1.807) is 12.1 Å². The van der Waals surface area contributed by atoms with E-state index in [4.69, 9.17) is 5.11 Å². The number of carbonyl (C=O) groups is 2. The molecule has 1 aliphatic heterocycles. The number of nitrogens with zero attached hydrogens (tertiary/aromatic N) is 1. The smallest absolute Gasteiger partial charge is 0.326 e. The summed E-state index contributed by atoms with van der Waals surface area (Å²) in [5, 5.41) is 9.15. The Morgan fingerprint density at radius 2 is 2.00 bits per heavy atom. The summed E-state index contributed by atoms with van der Waals surface area (Å²) in [7, 11) is 0. The number of piperidine rings is 1. The van der Waals surface area contributed by atoms with Crippen LogP contribution in [0.25, 0.3) is 0 Å². The highest BCUT2D eigenvalue weighted by atomic mass is 32.2. The molecule has 1 N–H and O–H groups in total. The van der Waals surface area contributed by atoms with E-state index in [1.165, 1.54) is 28.8 Å². The number of carboxylic acids is 1. The van der Waals surface area contributed by atoms with Crippen LogP contribution in [0, 0.1) is 5.82 Å². The number of aliphatic carboxylic acids is 1. The van der Waals surface area contributed by atoms with Crippen LogP contribution in [0.4, 0.5) is 4.39 Å². The number of hydrogen-bond donors (Lipinski definition) is 1. The van der Waals surface area contributed by atoms with Gasteiger partial charge in [0.1, 0.15) is 11.9 Å². The van der Waals surface area contributed by atoms with Crippen molar-refractivity contribution in [1.82, 2.24) is 4.90 Å². The topological polar surface area (TPSA) is 57.6 Å². The summed E-state index contributed by atoms with van der Waals surface area (Å²) in [4.78, 5) is 25.7. The highest BCUT2D eigenvalue weighted by molar-refractivity contribution is 7.99. The summed E-state index contributed by atoms with van der Waals surface area (Å²) in [6, 6.07) is 5.43. The van der Waals surface area contributed by atoms with Gasteiger partial charge in [0, 0.05) is 23.6 Å². The Hall–Kier alpha value is -1.56. The Kier molecular flexibility index (Phi) is 5.61. The van der Waals surface area contributed by atoms with E-state index in [1.807, 2.05) is 0 Å². The van der Waals surface area contributed by atoms with Gasteiger partial charge in [0.2, 0.25) is 5.91 Å². The lowest BCUT2D eigenvalue weighted by molar-refractivity contribution is -0.151. The van der Waals surface area contributed by atoms with Crippen molar-refractivity contribution in [2.45, 2.75) is 36.6 Å². The lowest BCUT2D eigenvalue weighted by atomic mass is 10.0. The molecule has 0 spiro atoms. The fraction of sp³-hybridized carbons (Fsp3) is 0.467. The number of rotatable bonds is 5. The summed E-state index contributed by atoms with van der Waals surface area (Å²) in [6.45, 7) is 0.525. The van der Waals surface area contributed by atoms with Crippen molar-refractivity contribution >= 4 is 23.6 Å². The monoisotopic (exact) mass is 311 g/mol. The number of halogens is 1. The standard InChI is InChI=1S/C15H18FNO3S/c16-11-4-6-12(7-5-11)21-10-8-14(18)17-9-2-1-3-13(17)15(19)20/h4-7,13H,1-3,8-10H2,(H,19,20). The van der Waals surface area contributed by atoms with Gasteiger partial charge in [-0.25, -0.2) is 9.18 Å². The molecular formula is C15H18FNO3S. The third-order valence-electron chi connectivity index (χ3n) is 3.51. The van der Waals surface area contributed by atoms with Crippen molar-refractivity contribution in [1.29, 1.82) is 0 Å². The molecule has 6 heteroatoms. The molecule has 1 aliphatic rings. The number of likely N-dealkylation sites (tertiary alicyclic amines) is 1. The third-order valence-corrected chi connectivity index (χ3v) is 4.52. The molecule has 0 bridgehead atoms. The molecule has 1 unspecified atom stereocenters. The molecule has 1 saturated heterocycles. The maximum absolute atomic E-state index is 12.8. The fourth-order valence-corrected chi connectivity index (χ4v) is 3.26. The molecule has 0 radical (unpaired) electrons. The Labute approximate surface area is 127 Å². The van der Waals surface area contributed by atoms with Crippen LogP contribution < -0.4 is 0 Å². The largest absolute Gasteiger partial charge is 0.480 e. The molecule has 1 aromatic carbocycles. The average molecular weight is 311 g/mol. The zero-order chi connectivity index (χ0) is 15.2. The van der Waals surface area contributed by atoms with Crippen molar-refractivity contribution in [3.05, 3.63) is 30.1 Å². The summed E-state index contributed by atoms with van der Waals surface area (Å²) in [5.74, 6) is -0.758. The molecule has 0 aliphatic carbocycles. The molecule has 1 fully saturated rings. The van der Waals surface area contributed by atoms with Crippen LogP contribution in [0.15, 0.2) is 29.2 Å². The lowest BCUT2D eigenvalue weighted by Gasteiger charge is -2.33. The van der Waals surface area contributed by atoms with Gasteiger partial charge in [-0.05, 0) is 43.5 Å². The molecule has 0 aromatic heterocycles. The first-order valence-electron chi connectivity index (χ1n) is 6.98. The fourth-order valence-electron chi connectivity index (χ4n) is 2.42. The number of thioether (sulfide) groups is 1. The summed E-state index contributed by atoms with van der Waals surface area (Å²) in [6.07, 6.45) is 2.55. The second kappa shape index (κ2) is 7.45. The predicted octanol–water partition coefficient (Wildman–Crippen LogP) is 2.77. The third kappa shape index (κ3) is 4.46. The lowest BCUT2D eigenvalue weighted by Crippen LogP contribution is -2.48. The minimum Gasteiger partial charge on any atom is -0.480 e. The van der Waals surface area contributed by atoms with E-state index in [2.05, 4.69) is 0 Å². The first kappa shape index (κ1) is 15.8. The van der Waals surface area contributed by atoms with Gasteiger partial charge < -0.3 is 10.0 Å². The number of hydrogen-bond acceptors (Lipinski definition) is 3. The number of carbonyl (C=O) groups excluding carboxylic acids is 1. The first-order valence-corrected chi connectivity index (χ1v) is 7.97. The van der Waals surface area contributed by atoms with Gasteiger partial charge in [-0.2, -0.15) is 0 Å². The van der Waals surface area contributed by atoms with Gasteiger partial charge >= 0.3 is 5.97 Å². The van der Waals surface area contributed by atoms with Gasteiger partial charge in [-0.15, -0.1) is 11.8 Å². The van der Waals surface area contributed by atoms with Crippen LogP contribution in [-0.4, -0.2) is 40.2 Å². The second-order valence-corrected chi connectivity index (χ2v) is 6.16. The summed E-state index contributed by atoms with van der Waals surface area (Å²) >= 11 is 1.47. The van der Waals surface area contributed by atoms with E-state index < -0.39 is 12.0 Å². The number of amides is 1. The van der Waals surface area contributed by atoms with Crippen LogP contribution in [-0.2, 0) is 9.59 Å². The van der Waals surface area contributed by atoms with Gasteiger partial charge in [-0.3, -0.25) is 4.79 Å². The molecule has 0 saturated carbocycles. The second-order valence-electron chi connectivity index (χ2n) is 4.99. The van der Waals surface area contributed by atoms with Gasteiger partial charge in [-0.1, -0.05) is 0 Å². The average Bonchev–Trinajstić information content (AvgIpc) is 2.49. The van der Waals surface area contributed by atoms with Crippen molar-refractivity contribution < 1.29 is 19.1 Å². The van der Waals surface area contributed by atoms with E-state index in [0.29, 0.717) is 25.1 Å². The number of carboxylic acid groups (broad SMARTS) is 1. The SMILES string of the molecule is O=C(O)C1CCCCN1C(=O)CCSc1ccc(F)cc1. The minimum atomic E-state index is -0.922. The molecule has 1 amide bonds. The van der Waals surface area contributed by atoms with Crippen molar-refractivity contribution in [3.8, 4) is 0 Å². The van der Waals surface area contributed by atoms with E-state index in [0.717, 1.165) is 17.7 Å². The molecule has 114 valence electrons. The van der Waals surface area contributed by atoms with Crippen LogP contribution in [0.3, 0.4) is 0 Å². The normalized spacial score (nSPS) is 18.5. The van der Waals surface area contributed by atoms with Gasteiger partial charge in [0.05, 0.1) is 0 Å². The zero-order valence-electron chi connectivity index (χ0n) is 11.6. The van der Waals surface area contributed by atoms with Crippen LogP contribution in [0.1, 0.15) is 25.7 Å². The molecule has 1 aromatic rings. The Morgan fingerprint density at radius 1 is 1.29 bits per heavy atom. The molecular weight excluding hydrogens is 293 g/mol. The Bertz CT molecular complexity index is 506. The Morgan fingerprint density at radius 3 is 2.67 bits per heavy atom. The molecule has 1 heterocycles. The van der Waals surface area contributed by atoms with E-state index >= 15 is 0 Å². The van der Waals surface area contributed by atoms with Crippen molar-refractivity contribution in [2.75, 3.05) is 12.3 Å². The summed E-state index contributed by atoms with van der Waals surface area (Å²) in [5.41, 5.74) is 0. The van der Waals surface area contributed by atoms with Gasteiger partial charge in [0.15, 0.2) is 0 Å². The maximum Gasteiger partial charge on any atom is 0.326 e. The highest BCUT2D eigenvalue weighted by Crippen LogP contribution is 2.22. The zero-order valence-corrected chi connectivity index (χ0v) is 12.4. The highest BCUT2D eigenvalue weighted by Gasteiger charge is 2.31. The summed E-state index contributed by atoms with van der Waals surface area (Å²) < 4.78 is 12.8. The van der Waals surface area contributed by atoms with Crippen molar-refractivity contribution in [3.63, 3.8) is 0 Å². The van der Waals surface area contributed by atoms with Gasteiger partial charge in [0.25, 0.3) is 0 Å². The first-order chi connectivity index (χ1) is 10.1. The maximum atomic E-state index is 12.8. The van der Waals surface area contributed by atoms with E-state index in [-0.39, 0.29) is 11.7 Å². The minimum absolute atomic E-state index is 0.114. The van der Waals surface area contributed by atoms with Crippen LogP contribution in [0.2, 0.25) is 0 Å². The molecule has 21 heavy (non-hydrogen) atoms. The molecule has 4 nitrogen and oxygen atoms in total.